The van der Waals surface area contributed by atoms with Crippen molar-refractivity contribution >= 4 is 11.5 Å². The van der Waals surface area contributed by atoms with Gasteiger partial charge in [0.1, 0.15) is 0 Å². The number of rotatable bonds is 2. The second-order valence-electron chi connectivity index (χ2n) is 5.81. The molecule has 2 aromatic heterocycles. The molecule has 3 rings (SSSR count). The van der Waals surface area contributed by atoms with Crippen molar-refractivity contribution < 1.29 is 9.90 Å². The third-order valence-corrected chi connectivity index (χ3v) is 4.10. The number of aromatic nitrogens is 4. The van der Waals surface area contributed by atoms with Gasteiger partial charge >= 0.3 is 5.97 Å². The maximum atomic E-state index is 11.6. The molecule has 0 fully saturated rings. The lowest BCUT2D eigenvalue weighted by atomic mass is 9.82. The van der Waals surface area contributed by atoms with Gasteiger partial charge in [0.2, 0.25) is 0 Å². The van der Waals surface area contributed by atoms with E-state index < -0.39 is 5.97 Å². The summed E-state index contributed by atoms with van der Waals surface area (Å²) in [5.74, 6) is -0.297. The van der Waals surface area contributed by atoms with Crippen LogP contribution in [-0.2, 0) is 0 Å². The maximum Gasteiger partial charge on any atom is 0.356 e. The Morgan fingerprint density at radius 3 is 2.73 bits per heavy atom. The van der Waals surface area contributed by atoms with E-state index >= 15 is 0 Å². The zero-order valence-electron chi connectivity index (χ0n) is 12.9. The standard InChI is InChI=1S/C16H18N4O2/c1-9(2)11-5-4-10(3)13-14(16(21)22)19-20(15(11)13)12-8-17-6-7-18-12/h6-8,10H,4-5H2,1-3H3,(H,21,22). The van der Waals surface area contributed by atoms with Gasteiger partial charge in [-0.1, -0.05) is 12.5 Å². The van der Waals surface area contributed by atoms with Crippen LogP contribution in [0, 0.1) is 0 Å². The van der Waals surface area contributed by atoms with Crippen molar-refractivity contribution in [3.63, 3.8) is 0 Å². The molecule has 0 saturated heterocycles. The topological polar surface area (TPSA) is 80.9 Å². The minimum absolute atomic E-state index is 0.117. The van der Waals surface area contributed by atoms with E-state index in [1.165, 1.54) is 5.57 Å². The van der Waals surface area contributed by atoms with Gasteiger partial charge in [-0.2, -0.15) is 5.10 Å². The van der Waals surface area contributed by atoms with Crippen molar-refractivity contribution in [3.8, 4) is 5.82 Å². The molecule has 2 heterocycles. The van der Waals surface area contributed by atoms with Crippen molar-refractivity contribution in [2.24, 2.45) is 0 Å². The van der Waals surface area contributed by atoms with Crippen molar-refractivity contribution in [2.45, 2.75) is 39.5 Å². The number of allylic oxidation sites excluding steroid dienone is 2. The maximum absolute atomic E-state index is 11.6. The van der Waals surface area contributed by atoms with Crippen LogP contribution in [0.4, 0.5) is 0 Å². The Bertz CT molecular complexity index is 758. The first-order valence-corrected chi connectivity index (χ1v) is 7.30. The number of nitrogens with zero attached hydrogens (tertiary/aromatic N) is 4. The van der Waals surface area contributed by atoms with Crippen LogP contribution in [0.2, 0.25) is 0 Å². The van der Waals surface area contributed by atoms with Crippen LogP contribution in [-0.4, -0.2) is 30.8 Å². The molecule has 114 valence electrons. The molecule has 6 nitrogen and oxygen atoms in total. The van der Waals surface area contributed by atoms with Crippen LogP contribution in [0.5, 0.6) is 0 Å². The number of carboxylic acid groups (broad SMARTS) is 1. The number of hydrogen-bond acceptors (Lipinski definition) is 4. The van der Waals surface area contributed by atoms with E-state index in [2.05, 4.69) is 22.0 Å². The lowest BCUT2D eigenvalue weighted by Crippen LogP contribution is -2.12. The molecule has 22 heavy (non-hydrogen) atoms. The zero-order chi connectivity index (χ0) is 15.9. The Balaban J connectivity index is 2.35. The van der Waals surface area contributed by atoms with Crippen molar-refractivity contribution in [3.05, 3.63) is 41.1 Å². The van der Waals surface area contributed by atoms with Crippen LogP contribution in [0.15, 0.2) is 24.2 Å². The molecule has 0 radical (unpaired) electrons. The van der Waals surface area contributed by atoms with Crippen molar-refractivity contribution in [1.82, 2.24) is 19.7 Å². The molecule has 1 atom stereocenters. The van der Waals surface area contributed by atoms with E-state index in [9.17, 15) is 9.90 Å². The van der Waals surface area contributed by atoms with Crippen LogP contribution in [0.1, 0.15) is 61.3 Å². The normalized spacial score (nSPS) is 17.2. The number of fused-ring (bicyclic) bond motifs is 1. The fourth-order valence-electron chi connectivity index (χ4n) is 3.02. The van der Waals surface area contributed by atoms with Gasteiger partial charge in [-0.15, -0.1) is 0 Å². The molecule has 1 N–H and O–H groups in total. The number of aromatic carboxylic acids is 1. The Morgan fingerprint density at radius 2 is 2.14 bits per heavy atom. The summed E-state index contributed by atoms with van der Waals surface area (Å²) in [7, 11) is 0. The van der Waals surface area contributed by atoms with Gasteiger partial charge in [0, 0.05) is 18.0 Å². The molecule has 0 spiro atoms. The highest BCUT2D eigenvalue weighted by atomic mass is 16.4. The zero-order valence-corrected chi connectivity index (χ0v) is 12.9. The molecule has 0 aliphatic heterocycles. The summed E-state index contributed by atoms with van der Waals surface area (Å²) >= 11 is 0. The van der Waals surface area contributed by atoms with Gasteiger partial charge in [-0.25, -0.2) is 14.5 Å². The lowest BCUT2D eigenvalue weighted by molar-refractivity contribution is 0.0688. The van der Waals surface area contributed by atoms with Crippen molar-refractivity contribution in [2.75, 3.05) is 0 Å². The van der Waals surface area contributed by atoms with Crippen LogP contribution >= 0.6 is 0 Å². The fourth-order valence-corrected chi connectivity index (χ4v) is 3.02. The van der Waals surface area contributed by atoms with Gasteiger partial charge in [0.05, 0.1) is 11.9 Å². The molecule has 6 heteroatoms. The van der Waals surface area contributed by atoms with Gasteiger partial charge < -0.3 is 5.11 Å². The highest BCUT2D eigenvalue weighted by Gasteiger charge is 2.32. The summed E-state index contributed by atoms with van der Waals surface area (Å²) in [6.07, 6.45) is 6.61. The van der Waals surface area contributed by atoms with E-state index in [0.717, 1.165) is 29.7 Å². The third-order valence-electron chi connectivity index (χ3n) is 4.10. The van der Waals surface area contributed by atoms with Gasteiger partial charge in [0.25, 0.3) is 0 Å². The SMILES string of the molecule is CC(C)=C1CCC(C)c2c(C(=O)O)nn(-c3cnccn3)c21. The smallest absolute Gasteiger partial charge is 0.356 e. The Kier molecular flexibility index (Phi) is 3.52. The van der Waals surface area contributed by atoms with E-state index in [-0.39, 0.29) is 11.6 Å². The van der Waals surface area contributed by atoms with Crippen LogP contribution in [0.25, 0.3) is 11.4 Å². The fraction of sp³-hybridized carbons (Fsp3) is 0.375. The number of carbonyl (C=O) groups is 1. The predicted molar refractivity (Wildman–Crippen MR) is 82.0 cm³/mol. The van der Waals surface area contributed by atoms with E-state index in [4.69, 9.17) is 0 Å². The summed E-state index contributed by atoms with van der Waals surface area (Å²) in [6.45, 7) is 6.14. The van der Waals surface area contributed by atoms with Crippen LogP contribution in [0.3, 0.4) is 0 Å². The minimum Gasteiger partial charge on any atom is -0.476 e. The summed E-state index contributed by atoms with van der Waals surface area (Å²) in [5.41, 5.74) is 4.12. The highest BCUT2D eigenvalue weighted by Crippen LogP contribution is 2.42. The predicted octanol–water partition coefficient (Wildman–Crippen LogP) is 3.05. The monoisotopic (exact) mass is 298 g/mol. The van der Waals surface area contributed by atoms with Gasteiger partial charge in [-0.05, 0) is 38.2 Å². The molecule has 0 aromatic carbocycles. The Hall–Kier alpha value is -2.50. The Morgan fingerprint density at radius 1 is 1.36 bits per heavy atom. The summed E-state index contributed by atoms with van der Waals surface area (Å²) in [5, 5.41) is 13.8. The second-order valence-corrected chi connectivity index (χ2v) is 5.81. The molecular formula is C16H18N4O2. The van der Waals surface area contributed by atoms with Crippen molar-refractivity contribution in [1.29, 1.82) is 0 Å². The third kappa shape index (κ3) is 2.20. The molecule has 0 amide bonds. The number of carboxylic acids is 1. The molecule has 1 aliphatic rings. The average molecular weight is 298 g/mol. The number of hydrogen-bond donors (Lipinski definition) is 1. The lowest BCUT2D eigenvalue weighted by Gasteiger charge is -2.24. The molecule has 2 aromatic rings. The minimum atomic E-state index is -0.999. The van der Waals surface area contributed by atoms with E-state index in [1.807, 2.05) is 13.8 Å². The largest absolute Gasteiger partial charge is 0.476 e. The molecular weight excluding hydrogens is 280 g/mol. The van der Waals surface area contributed by atoms with E-state index in [1.54, 1.807) is 23.3 Å². The quantitative estimate of drug-likeness (QED) is 0.921. The Labute approximate surface area is 128 Å². The molecule has 0 saturated carbocycles. The van der Waals surface area contributed by atoms with Crippen LogP contribution < -0.4 is 0 Å². The van der Waals surface area contributed by atoms with E-state index in [0.29, 0.717) is 5.82 Å². The first kappa shape index (κ1) is 14.4. The second kappa shape index (κ2) is 5.36. The van der Waals surface area contributed by atoms with Gasteiger partial charge in [-0.3, -0.25) is 4.98 Å². The summed E-state index contributed by atoms with van der Waals surface area (Å²) in [6, 6.07) is 0. The average Bonchev–Trinajstić information content (AvgIpc) is 2.89. The molecule has 1 unspecified atom stereocenters. The molecule has 0 bridgehead atoms. The van der Waals surface area contributed by atoms with Gasteiger partial charge in [0.15, 0.2) is 11.5 Å². The first-order chi connectivity index (χ1) is 10.5. The summed E-state index contributed by atoms with van der Waals surface area (Å²) in [4.78, 5) is 19.9. The molecule has 1 aliphatic carbocycles. The first-order valence-electron chi connectivity index (χ1n) is 7.30. The summed E-state index contributed by atoms with van der Waals surface area (Å²) < 4.78 is 1.63. The highest BCUT2D eigenvalue weighted by molar-refractivity contribution is 5.90.